The SMILES string of the molecule is CC(C)C(C)C(C)CCF. The second-order valence-electron chi connectivity index (χ2n) is 3.56. The summed E-state index contributed by atoms with van der Waals surface area (Å²) in [6.07, 6.45) is 0.722. The molecule has 1 heteroatoms. The molecule has 0 aromatic heterocycles. The molecule has 0 N–H and O–H groups in total. The van der Waals surface area contributed by atoms with Crippen LogP contribution in [0.5, 0.6) is 0 Å². The summed E-state index contributed by atoms with van der Waals surface area (Å²) < 4.78 is 11.9. The zero-order valence-corrected chi connectivity index (χ0v) is 7.52. The van der Waals surface area contributed by atoms with Gasteiger partial charge in [-0.15, -0.1) is 0 Å². The van der Waals surface area contributed by atoms with E-state index >= 15 is 0 Å². The standard InChI is InChI=1S/C9H19F/c1-7(2)9(4)8(3)5-6-10/h7-9H,5-6H2,1-4H3. The molecule has 0 radical (unpaired) electrons. The van der Waals surface area contributed by atoms with Crippen molar-refractivity contribution >= 4 is 0 Å². The molecule has 0 saturated heterocycles. The van der Waals surface area contributed by atoms with Crippen LogP contribution in [0.1, 0.15) is 34.1 Å². The quantitative estimate of drug-likeness (QED) is 0.571. The lowest BCUT2D eigenvalue weighted by molar-refractivity contribution is 0.260. The number of halogens is 1. The summed E-state index contributed by atoms with van der Waals surface area (Å²) in [5, 5.41) is 0. The van der Waals surface area contributed by atoms with E-state index in [1.165, 1.54) is 0 Å². The van der Waals surface area contributed by atoms with Gasteiger partial charge in [-0.25, -0.2) is 0 Å². The van der Waals surface area contributed by atoms with Crippen LogP contribution in [0.2, 0.25) is 0 Å². The maximum atomic E-state index is 11.9. The van der Waals surface area contributed by atoms with Crippen molar-refractivity contribution in [1.29, 1.82) is 0 Å². The zero-order valence-electron chi connectivity index (χ0n) is 7.52. The summed E-state index contributed by atoms with van der Waals surface area (Å²) in [7, 11) is 0. The van der Waals surface area contributed by atoms with E-state index in [1.807, 2.05) is 0 Å². The van der Waals surface area contributed by atoms with Crippen molar-refractivity contribution in [3.63, 3.8) is 0 Å². The Hall–Kier alpha value is -0.0700. The van der Waals surface area contributed by atoms with Crippen molar-refractivity contribution in [2.24, 2.45) is 17.8 Å². The Morgan fingerprint density at radius 1 is 1.10 bits per heavy atom. The molecule has 0 fully saturated rings. The Balaban J connectivity index is 3.58. The molecule has 0 spiro atoms. The third-order valence-corrected chi connectivity index (χ3v) is 2.51. The zero-order chi connectivity index (χ0) is 8.15. The average molecular weight is 146 g/mol. The monoisotopic (exact) mass is 146 g/mol. The molecular formula is C9H19F. The molecular weight excluding hydrogens is 127 g/mol. The highest BCUT2D eigenvalue weighted by Crippen LogP contribution is 2.22. The predicted octanol–water partition coefficient (Wildman–Crippen LogP) is 3.27. The maximum absolute atomic E-state index is 11.9. The summed E-state index contributed by atoms with van der Waals surface area (Å²) in [6, 6.07) is 0. The Bertz CT molecular complexity index is 78.8. The van der Waals surface area contributed by atoms with Gasteiger partial charge in [-0.3, -0.25) is 4.39 Å². The van der Waals surface area contributed by atoms with Gasteiger partial charge in [0.25, 0.3) is 0 Å². The van der Waals surface area contributed by atoms with E-state index in [1.54, 1.807) is 0 Å². The predicted molar refractivity (Wildman–Crippen MR) is 43.8 cm³/mol. The fourth-order valence-electron chi connectivity index (χ4n) is 1.09. The molecule has 0 saturated carbocycles. The Kier molecular flexibility index (Phi) is 4.67. The van der Waals surface area contributed by atoms with Crippen LogP contribution in [-0.4, -0.2) is 6.67 Å². The molecule has 0 bridgehead atoms. The Labute approximate surface area is 63.8 Å². The van der Waals surface area contributed by atoms with Crippen LogP contribution in [0.15, 0.2) is 0 Å². The lowest BCUT2D eigenvalue weighted by atomic mass is 9.85. The van der Waals surface area contributed by atoms with Gasteiger partial charge in [-0.2, -0.15) is 0 Å². The minimum absolute atomic E-state index is 0.168. The number of hydrogen-bond acceptors (Lipinski definition) is 0. The number of hydrogen-bond donors (Lipinski definition) is 0. The molecule has 0 aliphatic carbocycles. The van der Waals surface area contributed by atoms with Gasteiger partial charge in [0.1, 0.15) is 0 Å². The summed E-state index contributed by atoms with van der Waals surface area (Å²) in [4.78, 5) is 0. The topological polar surface area (TPSA) is 0 Å². The van der Waals surface area contributed by atoms with Crippen molar-refractivity contribution in [3.05, 3.63) is 0 Å². The first-order chi connectivity index (χ1) is 4.59. The molecule has 0 aromatic carbocycles. The first-order valence-corrected chi connectivity index (χ1v) is 4.15. The normalized spacial score (nSPS) is 17.4. The number of rotatable bonds is 4. The third kappa shape index (κ3) is 3.19. The Morgan fingerprint density at radius 3 is 1.90 bits per heavy atom. The van der Waals surface area contributed by atoms with Crippen LogP contribution in [0.4, 0.5) is 4.39 Å². The highest BCUT2D eigenvalue weighted by atomic mass is 19.1. The minimum atomic E-state index is -0.168. The van der Waals surface area contributed by atoms with E-state index in [4.69, 9.17) is 0 Å². The van der Waals surface area contributed by atoms with Crippen molar-refractivity contribution in [1.82, 2.24) is 0 Å². The molecule has 0 amide bonds. The van der Waals surface area contributed by atoms with Gasteiger partial charge in [-0.05, 0) is 24.2 Å². The summed E-state index contributed by atoms with van der Waals surface area (Å²) >= 11 is 0. The first-order valence-electron chi connectivity index (χ1n) is 4.15. The van der Waals surface area contributed by atoms with Crippen LogP contribution >= 0.6 is 0 Å². The molecule has 10 heavy (non-hydrogen) atoms. The largest absolute Gasteiger partial charge is 0.251 e. The first kappa shape index (κ1) is 9.93. The molecule has 62 valence electrons. The minimum Gasteiger partial charge on any atom is -0.251 e. The molecule has 0 heterocycles. The van der Waals surface area contributed by atoms with Crippen LogP contribution in [0, 0.1) is 17.8 Å². The summed E-state index contributed by atoms with van der Waals surface area (Å²) in [5.74, 6) is 1.86. The summed E-state index contributed by atoms with van der Waals surface area (Å²) in [6.45, 7) is 8.55. The lowest BCUT2D eigenvalue weighted by Gasteiger charge is -2.21. The fourth-order valence-corrected chi connectivity index (χ4v) is 1.09. The average Bonchev–Trinajstić information content (AvgIpc) is 1.87. The van der Waals surface area contributed by atoms with Crippen LogP contribution in [0.3, 0.4) is 0 Å². The highest BCUT2D eigenvalue weighted by molar-refractivity contribution is 4.64. The maximum Gasteiger partial charge on any atom is 0.0897 e. The van der Waals surface area contributed by atoms with Gasteiger partial charge in [0.15, 0.2) is 0 Å². The van der Waals surface area contributed by atoms with Gasteiger partial charge in [0, 0.05) is 0 Å². The molecule has 0 nitrogen and oxygen atoms in total. The van der Waals surface area contributed by atoms with E-state index in [0.29, 0.717) is 17.8 Å². The molecule has 0 aliphatic heterocycles. The van der Waals surface area contributed by atoms with Gasteiger partial charge < -0.3 is 0 Å². The fraction of sp³-hybridized carbons (Fsp3) is 1.00. The molecule has 0 aromatic rings. The highest BCUT2D eigenvalue weighted by Gasteiger charge is 2.14. The van der Waals surface area contributed by atoms with Gasteiger partial charge in [0.2, 0.25) is 0 Å². The van der Waals surface area contributed by atoms with Gasteiger partial charge >= 0.3 is 0 Å². The lowest BCUT2D eigenvalue weighted by Crippen LogP contribution is -2.14. The van der Waals surface area contributed by atoms with Crippen LogP contribution in [0.25, 0.3) is 0 Å². The van der Waals surface area contributed by atoms with Crippen LogP contribution < -0.4 is 0 Å². The van der Waals surface area contributed by atoms with Crippen LogP contribution in [-0.2, 0) is 0 Å². The smallest absolute Gasteiger partial charge is 0.0897 e. The second-order valence-corrected chi connectivity index (χ2v) is 3.56. The second kappa shape index (κ2) is 4.70. The van der Waals surface area contributed by atoms with Crippen molar-refractivity contribution in [3.8, 4) is 0 Å². The van der Waals surface area contributed by atoms with Gasteiger partial charge in [0.05, 0.1) is 6.67 Å². The van der Waals surface area contributed by atoms with E-state index in [2.05, 4.69) is 27.7 Å². The van der Waals surface area contributed by atoms with E-state index in [-0.39, 0.29) is 6.67 Å². The van der Waals surface area contributed by atoms with E-state index in [0.717, 1.165) is 6.42 Å². The molecule has 2 unspecified atom stereocenters. The van der Waals surface area contributed by atoms with Gasteiger partial charge in [-0.1, -0.05) is 27.7 Å². The van der Waals surface area contributed by atoms with Crippen molar-refractivity contribution in [2.45, 2.75) is 34.1 Å². The summed E-state index contributed by atoms with van der Waals surface area (Å²) in [5.41, 5.74) is 0. The number of alkyl halides is 1. The molecule has 0 rings (SSSR count). The Morgan fingerprint density at radius 2 is 1.60 bits per heavy atom. The molecule has 0 aliphatic rings. The van der Waals surface area contributed by atoms with E-state index < -0.39 is 0 Å². The van der Waals surface area contributed by atoms with Crippen molar-refractivity contribution in [2.75, 3.05) is 6.67 Å². The molecule has 2 atom stereocenters. The third-order valence-electron chi connectivity index (χ3n) is 2.51. The van der Waals surface area contributed by atoms with E-state index in [9.17, 15) is 4.39 Å². The van der Waals surface area contributed by atoms with Crippen molar-refractivity contribution < 1.29 is 4.39 Å².